The van der Waals surface area contributed by atoms with Gasteiger partial charge in [0.1, 0.15) is 11.3 Å². The van der Waals surface area contributed by atoms with Crippen molar-refractivity contribution < 1.29 is 14.6 Å². The van der Waals surface area contributed by atoms with Crippen LogP contribution in [-0.4, -0.2) is 34.3 Å². The SMILES string of the molecule is O=C(O)c1cc(Br)cc2[nH]c(C3CCCOC3)nc12. The highest BCUT2D eigenvalue weighted by atomic mass is 79.9. The normalized spacial score (nSPS) is 19.7. The van der Waals surface area contributed by atoms with E-state index in [9.17, 15) is 9.90 Å². The topological polar surface area (TPSA) is 75.2 Å². The fraction of sp³-hybridized carbons (Fsp3) is 0.385. The minimum Gasteiger partial charge on any atom is -0.478 e. The summed E-state index contributed by atoms with van der Waals surface area (Å²) >= 11 is 3.32. The predicted octanol–water partition coefficient (Wildman–Crippen LogP) is 2.92. The second-order valence-corrected chi connectivity index (χ2v) is 5.61. The molecule has 3 rings (SSSR count). The summed E-state index contributed by atoms with van der Waals surface area (Å²) in [5.74, 6) is 0.0705. The minimum absolute atomic E-state index is 0.212. The van der Waals surface area contributed by atoms with Crippen LogP contribution >= 0.6 is 15.9 Å². The molecule has 19 heavy (non-hydrogen) atoms. The third-order valence-electron chi connectivity index (χ3n) is 3.35. The maximum absolute atomic E-state index is 11.3. The van der Waals surface area contributed by atoms with Crippen molar-refractivity contribution in [2.45, 2.75) is 18.8 Å². The molecule has 0 bridgehead atoms. The zero-order valence-corrected chi connectivity index (χ0v) is 11.7. The lowest BCUT2D eigenvalue weighted by Gasteiger charge is -2.19. The quantitative estimate of drug-likeness (QED) is 0.890. The van der Waals surface area contributed by atoms with Crippen molar-refractivity contribution >= 4 is 32.9 Å². The lowest BCUT2D eigenvalue weighted by Crippen LogP contribution is -2.16. The molecule has 2 aromatic rings. The number of halogens is 1. The zero-order chi connectivity index (χ0) is 13.4. The molecule has 0 radical (unpaired) electrons. The number of benzene rings is 1. The molecule has 0 spiro atoms. The van der Waals surface area contributed by atoms with Gasteiger partial charge in [0.25, 0.3) is 0 Å². The van der Waals surface area contributed by atoms with Crippen molar-refractivity contribution in [1.82, 2.24) is 9.97 Å². The Morgan fingerprint density at radius 1 is 1.53 bits per heavy atom. The summed E-state index contributed by atoms with van der Waals surface area (Å²) < 4.78 is 6.18. The van der Waals surface area contributed by atoms with Crippen molar-refractivity contribution in [2.24, 2.45) is 0 Å². The van der Waals surface area contributed by atoms with Crippen LogP contribution in [-0.2, 0) is 4.74 Å². The van der Waals surface area contributed by atoms with Crippen molar-refractivity contribution in [3.8, 4) is 0 Å². The number of carbonyl (C=O) groups is 1. The van der Waals surface area contributed by atoms with Crippen molar-refractivity contribution in [3.63, 3.8) is 0 Å². The number of H-pyrrole nitrogens is 1. The molecule has 1 aromatic carbocycles. The number of fused-ring (bicyclic) bond motifs is 1. The standard InChI is InChI=1S/C13H13BrN2O3/c14-8-4-9(13(17)18)11-10(5-8)15-12(16-11)7-2-1-3-19-6-7/h4-5,7H,1-3,6H2,(H,15,16)(H,17,18). The lowest BCUT2D eigenvalue weighted by molar-refractivity contribution is 0.0699. The van der Waals surface area contributed by atoms with Crippen molar-refractivity contribution in [1.29, 1.82) is 0 Å². The van der Waals surface area contributed by atoms with E-state index >= 15 is 0 Å². The molecule has 1 aliphatic rings. The van der Waals surface area contributed by atoms with Gasteiger partial charge in [-0.2, -0.15) is 0 Å². The Morgan fingerprint density at radius 3 is 3.05 bits per heavy atom. The largest absolute Gasteiger partial charge is 0.478 e. The van der Waals surface area contributed by atoms with Crippen LogP contribution in [0.25, 0.3) is 11.0 Å². The number of carboxylic acids is 1. The molecule has 1 aromatic heterocycles. The molecular weight excluding hydrogens is 312 g/mol. The van der Waals surface area contributed by atoms with E-state index in [4.69, 9.17) is 4.74 Å². The molecule has 1 fully saturated rings. The summed E-state index contributed by atoms with van der Waals surface area (Å²) in [5, 5.41) is 9.23. The van der Waals surface area contributed by atoms with E-state index in [1.54, 1.807) is 6.07 Å². The van der Waals surface area contributed by atoms with E-state index in [1.807, 2.05) is 6.07 Å². The van der Waals surface area contributed by atoms with Crippen molar-refractivity contribution in [2.75, 3.05) is 13.2 Å². The first-order chi connectivity index (χ1) is 9.15. The summed E-state index contributed by atoms with van der Waals surface area (Å²) in [6.07, 6.45) is 2.03. The van der Waals surface area contributed by atoms with Gasteiger partial charge in [-0.05, 0) is 25.0 Å². The Morgan fingerprint density at radius 2 is 2.37 bits per heavy atom. The maximum Gasteiger partial charge on any atom is 0.338 e. The van der Waals surface area contributed by atoms with Crippen LogP contribution in [0.3, 0.4) is 0 Å². The smallest absolute Gasteiger partial charge is 0.338 e. The summed E-state index contributed by atoms with van der Waals surface area (Å²) in [7, 11) is 0. The minimum atomic E-state index is -0.968. The molecule has 2 N–H and O–H groups in total. The third kappa shape index (κ3) is 2.37. The molecule has 1 atom stereocenters. The fourth-order valence-corrected chi connectivity index (χ4v) is 2.87. The van der Waals surface area contributed by atoms with Crippen molar-refractivity contribution in [3.05, 3.63) is 28.0 Å². The highest BCUT2D eigenvalue weighted by Gasteiger charge is 2.21. The lowest BCUT2D eigenvalue weighted by atomic mass is 10.0. The molecule has 0 amide bonds. The monoisotopic (exact) mass is 324 g/mol. The van der Waals surface area contributed by atoms with Gasteiger partial charge in [0.15, 0.2) is 0 Å². The maximum atomic E-state index is 11.3. The number of nitrogens with zero attached hydrogens (tertiary/aromatic N) is 1. The number of aromatic nitrogens is 2. The summed E-state index contributed by atoms with van der Waals surface area (Å²) in [6.45, 7) is 1.44. The van der Waals surface area contributed by atoms with Gasteiger partial charge < -0.3 is 14.8 Å². The number of hydrogen-bond acceptors (Lipinski definition) is 3. The van der Waals surface area contributed by atoms with Gasteiger partial charge >= 0.3 is 5.97 Å². The number of aromatic carboxylic acids is 1. The Balaban J connectivity index is 2.09. The van der Waals surface area contributed by atoms with Crippen LogP contribution in [0.2, 0.25) is 0 Å². The Kier molecular flexibility index (Phi) is 3.28. The van der Waals surface area contributed by atoms with Gasteiger partial charge in [-0.3, -0.25) is 0 Å². The first kappa shape index (κ1) is 12.6. The number of hydrogen-bond donors (Lipinski definition) is 2. The molecule has 5 nitrogen and oxygen atoms in total. The summed E-state index contributed by atoms with van der Waals surface area (Å²) in [4.78, 5) is 18.9. The van der Waals surface area contributed by atoms with E-state index in [-0.39, 0.29) is 11.5 Å². The number of nitrogens with one attached hydrogen (secondary N) is 1. The molecule has 6 heteroatoms. The predicted molar refractivity (Wildman–Crippen MR) is 73.5 cm³/mol. The first-order valence-corrected chi connectivity index (χ1v) is 6.94. The van der Waals surface area contributed by atoms with Crippen LogP contribution in [0, 0.1) is 0 Å². The molecule has 1 aliphatic heterocycles. The van der Waals surface area contributed by atoms with E-state index in [2.05, 4.69) is 25.9 Å². The second kappa shape index (κ2) is 4.94. The Labute approximate surface area is 118 Å². The van der Waals surface area contributed by atoms with E-state index in [0.29, 0.717) is 12.1 Å². The Hall–Kier alpha value is -1.40. The van der Waals surface area contributed by atoms with Gasteiger partial charge in [0, 0.05) is 17.0 Å². The Bertz CT molecular complexity index is 632. The van der Waals surface area contributed by atoms with E-state index < -0.39 is 5.97 Å². The van der Waals surface area contributed by atoms with Crippen LogP contribution in [0.5, 0.6) is 0 Å². The molecule has 1 saturated heterocycles. The fourth-order valence-electron chi connectivity index (χ4n) is 2.41. The number of aromatic amines is 1. The second-order valence-electron chi connectivity index (χ2n) is 4.69. The zero-order valence-electron chi connectivity index (χ0n) is 10.1. The average Bonchev–Trinajstić information content (AvgIpc) is 2.82. The highest BCUT2D eigenvalue weighted by Crippen LogP contribution is 2.28. The molecule has 2 heterocycles. The van der Waals surface area contributed by atoms with Gasteiger partial charge in [0.2, 0.25) is 0 Å². The van der Waals surface area contributed by atoms with Gasteiger partial charge in [-0.25, -0.2) is 9.78 Å². The van der Waals surface area contributed by atoms with Crippen LogP contribution < -0.4 is 0 Å². The van der Waals surface area contributed by atoms with E-state index in [1.165, 1.54) is 0 Å². The summed E-state index contributed by atoms with van der Waals surface area (Å²) in [5.41, 5.74) is 1.47. The van der Waals surface area contributed by atoms with Crippen LogP contribution in [0.4, 0.5) is 0 Å². The molecule has 0 aliphatic carbocycles. The highest BCUT2D eigenvalue weighted by molar-refractivity contribution is 9.10. The number of imidazole rings is 1. The van der Waals surface area contributed by atoms with E-state index in [0.717, 1.165) is 35.3 Å². The number of rotatable bonds is 2. The molecule has 1 unspecified atom stereocenters. The third-order valence-corrected chi connectivity index (χ3v) is 3.80. The van der Waals surface area contributed by atoms with Gasteiger partial charge in [-0.1, -0.05) is 15.9 Å². The molecule has 100 valence electrons. The number of carboxylic acid groups (broad SMARTS) is 1. The first-order valence-electron chi connectivity index (χ1n) is 6.15. The van der Waals surface area contributed by atoms with Crippen LogP contribution in [0.1, 0.15) is 34.9 Å². The molecule has 0 saturated carbocycles. The number of ether oxygens (including phenoxy) is 1. The summed E-state index contributed by atoms with van der Waals surface area (Å²) in [6, 6.07) is 3.43. The average molecular weight is 325 g/mol. The molecular formula is C13H13BrN2O3. The van der Waals surface area contributed by atoms with Gasteiger partial charge in [0.05, 0.1) is 17.7 Å². The van der Waals surface area contributed by atoms with Gasteiger partial charge in [-0.15, -0.1) is 0 Å². The van der Waals surface area contributed by atoms with Crippen LogP contribution in [0.15, 0.2) is 16.6 Å².